The van der Waals surface area contributed by atoms with Gasteiger partial charge in [0.05, 0.1) is 17.7 Å². The van der Waals surface area contributed by atoms with Crippen LogP contribution in [0.3, 0.4) is 0 Å². The quantitative estimate of drug-likeness (QED) is 0.697. The number of anilines is 2. The van der Waals surface area contributed by atoms with Crippen molar-refractivity contribution in [3.63, 3.8) is 0 Å². The van der Waals surface area contributed by atoms with Gasteiger partial charge in [-0.25, -0.2) is 9.37 Å². The van der Waals surface area contributed by atoms with Crippen LogP contribution in [-0.4, -0.2) is 14.1 Å². The molecule has 26 heavy (non-hydrogen) atoms. The van der Waals surface area contributed by atoms with E-state index in [-0.39, 0.29) is 22.4 Å². The molecule has 0 bridgehead atoms. The number of aryl methyl sites for hydroxylation is 2. The van der Waals surface area contributed by atoms with Gasteiger partial charge in [0.15, 0.2) is 5.65 Å². The Balaban J connectivity index is 2.34. The summed E-state index contributed by atoms with van der Waals surface area (Å²) in [6.45, 7) is 2.27. The monoisotopic (exact) mass is 424 g/mol. The number of fused-ring (bicyclic) bond motifs is 1. The van der Waals surface area contributed by atoms with E-state index in [2.05, 4.69) is 26.2 Å². The van der Waals surface area contributed by atoms with Crippen molar-refractivity contribution in [1.29, 1.82) is 0 Å². The molecule has 0 aliphatic rings. The number of nitrogens with zero attached hydrogens (tertiary/aromatic N) is 3. The summed E-state index contributed by atoms with van der Waals surface area (Å²) in [5, 5.41) is 2.44. The Hall–Kier alpha value is -2.55. The van der Waals surface area contributed by atoms with Gasteiger partial charge in [-0.3, -0.25) is 18.7 Å². The molecule has 0 saturated carbocycles. The first-order valence-corrected chi connectivity index (χ1v) is 8.64. The fraction of sp³-hybridized carbons (Fsp3) is 0.235. The van der Waals surface area contributed by atoms with Gasteiger partial charge in [-0.15, -0.1) is 0 Å². The molecule has 1 aromatic carbocycles. The number of benzene rings is 1. The Bertz CT molecular complexity index is 1120. The minimum Gasteiger partial charge on any atom is -0.350 e. The van der Waals surface area contributed by atoms with Crippen LogP contribution in [0.2, 0.25) is 0 Å². The first kappa shape index (κ1) is 18.2. The van der Waals surface area contributed by atoms with Crippen LogP contribution in [0, 0.1) is 11.6 Å². The number of halogens is 3. The summed E-state index contributed by atoms with van der Waals surface area (Å²) in [6.07, 6.45) is 1.99. The third-order valence-corrected chi connectivity index (χ3v) is 4.45. The van der Waals surface area contributed by atoms with Gasteiger partial charge >= 0.3 is 0 Å². The van der Waals surface area contributed by atoms with Crippen molar-refractivity contribution in [3.05, 3.63) is 61.3 Å². The summed E-state index contributed by atoms with van der Waals surface area (Å²) in [5.74, 6) is -1.83. The van der Waals surface area contributed by atoms with Crippen molar-refractivity contribution in [2.75, 3.05) is 5.32 Å². The van der Waals surface area contributed by atoms with E-state index >= 15 is 0 Å². The van der Waals surface area contributed by atoms with E-state index in [1.807, 2.05) is 6.92 Å². The van der Waals surface area contributed by atoms with Crippen LogP contribution in [0.1, 0.15) is 13.3 Å². The highest BCUT2D eigenvalue weighted by molar-refractivity contribution is 9.10. The summed E-state index contributed by atoms with van der Waals surface area (Å²) < 4.78 is 31.6. The zero-order chi connectivity index (χ0) is 19.0. The molecule has 1 N–H and O–H groups in total. The van der Waals surface area contributed by atoms with E-state index in [9.17, 15) is 18.4 Å². The highest BCUT2D eigenvalue weighted by atomic mass is 79.9. The molecular weight excluding hydrogens is 410 g/mol. The molecule has 136 valence electrons. The Morgan fingerprint density at radius 1 is 1.23 bits per heavy atom. The lowest BCUT2D eigenvalue weighted by Gasteiger charge is -2.14. The molecule has 9 heteroatoms. The Labute approximate surface area is 155 Å². The van der Waals surface area contributed by atoms with Crippen LogP contribution >= 0.6 is 15.9 Å². The second-order valence-electron chi connectivity index (χ2n) is 5.74. The van der Waals surface area contributed by atoms with Crippen molar-refractivity contribution in [2.45, 2.75) is 19.9 Å². The molecule has 6 nitrogen and oxygen atoms in total. The summed E-state index contributed by atoms with van der Waals surface area (Å²) in [7, 11) is 1.33. The standard InChI is InChI=1S/C17H15BrF2N4O2/c1-3-6-24-8-21-15-12(16(24)25)14(13(20)17(26)23(15)2)22-11-5-4-9(18)7-10(11)19/h4-5,7-8,22H,3,6H2,1-2H3. The molecule has 2 aromatic heterocycles. The maximum absolute atomic E-state index is 14.7. The minimum atomic E-state index is -1.17. The second kappa shape index (κ2) is 6.99. The average molecular weight is 425 g/mol. The highest BCUT2D eigenvalue weighted by Gasteiger charge is 2.21. The number of rotatable bonds is 4. The lowest BCUT2D eigenvalue weighted by Crippen LogP contribution is -2.29. The van der Waals surface area contributed by atoms with Gasteiger partial charge in [0, 0.05) is 18.1 Å². The molecule has 2 heterocycles. The molecule has 3 rings (SSSR count). The zero-order valence-corrected chi connectivity index (χ0v) is 15.6. The highest BCUT2D eigenvalue weighted by Crippen LogP contribution is 2.27. The van der Waals surface area contributed by atoms with Gasteiger partial charge in [0.2, 0.25) is 5.82 Å². The van der Waals surface area contributed by atoms with E-state index in [4.69, 9.17) is 0 Å². The minimum absolute atomic E-state index is 0.0220. The first-order chi connectivity index (χ1) is 12.3. The predicted octanol–water partition coefficient (Wildman–Crippen LogP) is 3.29. The molecule has 0 amide bonds. The molecule has 0 spiro atoms. The van der Waals surface area contributed by atoms with Crippen LogP contribution < -0.4 is 16.4 Å². The van der Waals surface area contributed by atoms with Crippen molar-refractivity contribution >= 4 is 38.3 Å². The maximum Gasteiger partial charge on any atom is 0.290 e. The van der Waals surface area contributed by atoms with Crippen LogP contribution in [0.5, 0.6) is 0 Å². The third-order valence-electron chi connectivity index (χ3n) is 3.95. The molecular formula is C17H15BrF2N4O2. The lowest BCUT2D eigenvalue weighted by molar-refractivity contribution is 0.595. The van der Waals surface area contributed by atoms with Crippen molar-refractivity contribution in [1.82, 2.24) is 14.1 Å². The molecule has 3 aromatic rings. The largest absolute Gasteiger partial charge is 0.350 e. The van der Waals surface area contributed by atoms with E-state index in [1.54, 1.807) is 6.07 Å². The Kier molecular flexibility index (Phi) is 4.90. The van der Waals surface area contributed by atoms with Gasteiger partial charge in [-0.2, -0.15) is 4.39 Å². The van der Waals surface area contributed by atoms with E-state index in [0.29, 0.717) is 17.4 Å². The van der Waals surface area contributed by atoms with Crippen LogP contribution in [0.25, 0.3) is 11.0 Å². The summed E-state index contributed by atoms with van der Waals surface area (Å²) in [6, 6.07) is 4.13. The molecule has 0 saturated heterocycles. The van der Waals surface area contributed by atoms with E-state index in [0.717, 1.165) is 4.57 Å². The van der Waals surface area contributed by atoms with Crippen LogP contribution in [-0.2, 0) is 13.6 Å². The average Bonchev–Trinajstić information content (AvgIpc) is 2.60. The smallest absolute Gasteiger partial charge is 0.290 e. The lowest BCUT2D eigenvalue weighted by atomic mass is 10.2. The van der Waals surface area contributed by atoms with E-state index < -0.39 is 22.8 Å². The topological polar surface area (TPSA) is 68.9 Å². The first-order valence-electron chi connectivity index (χ1n) is 7.84. The number of hydrogen-bond acceptors (Lipinski definition) is 4. The predicted molar refractivity (Wildman–Crippen MR) is 98.9 cm³/mol. The summed E-state index contributed by atoms with van der Waals surface area (Å²) in [4.78, 5) is 29.1. The fourth-order valence-corrected chi connectivity index (χ4v) is 2.99. The van der Waals surface area contributed by atoms with E-state index in [1.165, 1.54) is 30.1 Å². The van der Waals surface area contributed by atoms with Crippen molar-refractivity contribution in [2.24, 2.45) is 7.05 Å². The summed E-state index contributed by atoms with van der Waals surface area (Å²) in [5.41, 5.74) is -1.89. The molecule has 0 unspecified atom stereocenters. The Morgan fingerprint density at radius 2 is 1.96 bits per heavy atom. The molecule has 0 atom stereocenters. The maximum atomic E-state index is 14.7. The third kappa shape index (κ3) is 3.03. The SMILES string of the molecule is CCCn1cnc2c(c(Nc3ccc(Br)cc3F)c(F)c(=O)n2C)c1=O. The number of pyridine rings is 1. The van der Waals surface area contributed by atoms with Gasteiger partial charge in [0.25, 0.3) is 11.1 Å². The molecule has 0 fully saturated rings. The van der Waals surface area contributed by atoms with Crippen molar-refractivity contribution < 1.29 is 8.78 Å². The second-order valence-corrected chi connectivity index (χ2v) is 6.66. The zero-order valence-electron chi connectivity index (χ0n) is 14.0. The van der Waals surface area contributed by atoms with Gasteiger partial charge in [-0.1, -0.05) is 22.9 Å². The number of aromatic nitrogens is 3. The van der Waals surface area contributed by atoms with Gasteiger partial charge in [-0.05, 0) is 24.6 Å². The Morgan fingerprint density at radius 3 is 2.62 bits per heavy atom. The number of nitrogens with one attached hydrogen (secondary N) is 1. The van der Waals surface area contributed by atoms with Gasteiger partial charge in [0.1, 0.15) is 11.2 Å². The van der Waals surface area contributed by atoms with Gasteiger partial charge < -0.3 is 5.32 Å². The molecule has 0 aliphatic heterocycles. The normalized spacial score (nSPS) is 11.1. The summed E-state index contributed by atoms with van der Waals surface area (Å²) >= 11 is 3.14. The van der Waals surface area contributed by atoms with Crippen molar-refractivity contribution in [3.8, 4) is 0 Å². The molecule has 0 aliphatic carbocycles. The molecule has 0 radical (unpaired) electrons. The fourth-order valence-electron chi connectivity index (χ4n) is 2.66. The number of hydrogen-bond donors (Lipinski definition) is 1. The van der Waals surface area contributed by atoms with Crippen LogP contribution in [0.15, 0.2) is 38.6 Å². The van der Waals surface area contributed by atoms with Crippen LogP contribution in [0.4, 0.5) is 20.2 Å².